The van der Waals surface area contributed by atoms with Crippen LogP contribution in [0.5, 0.6) is 0 Å². The minimum atomic E-state index is -0.142. The summed E-state index contributed by atoms with van der Waals surface area (Å²) in [5.41, 5.74) is 0.574. The molecule has 1 unspecified atom stereocenters. The lowest BCUT2D eigenvalue weighted by molar-refractivity contribution is -0.121. The number of piperidine rings is 1. The number of carbonyl (C=O) groups is 2. The molecular formula is C18H26ClN3O2. The molecule has 1 aromatic rings. The molecule has 3 N–H and O–H groups in total. The highest BCUT2D eigenvalue weighted by Gasteiger charge is 2.12. The Morgan fingerprint density at radius 2 is 1.96 bits per heavy atom. The summed E-state index contributed by atoms with van der Waals surface area (Å²) in [5, 5.41) is 9.76. The molecule has 0 saturated carbocycles. The van der Waals surface area contributed by atoms with Crippen molar-refractivity contribution < 1.29 is 9.59 Å². The topological polar surface area (TPSA) is 70.2 Å². The summed E-state index contributed by atoms with van der Waals surface area (Å²) >= 11 is 5.79. The summed E-state index contributed by atoms with van der Waals surface area (Å²) in [6.45, 7) is 3.40. The maximum absolute atomic E-state index is 11.9. The first-order valence-corrected chi connectivity index (χ1v) is 9.04. The predicted octanol–water partition coefficient (Wildman–Crippen LogP) is 2.36. The molecule has 1 aliphatic heterocycles. The van der Waals surface area contributed by atoms with Crippen molar-refractivity contribution in [2.24, 2.45) is 5.92 Å². The van der Waals surface area contributed by atoms with Gasteiger partial charge in [-0.3, -0.25) is 9.59 Å². The Labute approximate surface area is 148 Å². The van der Waals surface area contributed by atoms with Crippen LogP contribution >= 0.6 is 11.6 Å². The molecule has 1 heterocycles. The third-order valence-electron chi connectivity index (χ3n) is 4.25. The van der Waals surface area contributed by atoms with Crippen molar-refractivity contribution in [1.82, 2.24) is 16.0 Å². The minimum absolute atomic E-state index is 0.0551. The average Bonchev–Trinajstić information content (AvgIpc) is 2.60. The molecule has 1 aromatic carbocycles. The highest BCUT2D eigenvalue weighted by atomic mass is 35.5. The van der Waals surface area contributed by atoms with E-state index in [4.69, 9.17) is 11.6 Å². The second-order valence-electron chi connectivity index (χ2n) is 6.22. The van der Waals surface area contributed by atoms with Crippen molar-refractivity contribution in [2.75, 3.05) is 26.2 Å². The van der Waals surface area contributed by atoms with Crippen LogP contribution in [0.4, 0.5) is 0 Å². The lowest BCUT2D eigenvalue weighted by Gasteiger charge is -2.22. The van der Waals surface area contributed by atoms with Gasteiger partial charge in [0, 0.05) is 30.1 Å². The molecule has 0 bridgehead atoms. The van der Waals surface area contributed by atoms with Gasteiger partial charge in [-0.25, -0.2) is 0 Å². The van der Waals surface area contributed by atoms with Gasteiger partial charge in [-0.1, -0.05) is 11.6 Å². The van der Waals surface area contributed by atoms with E-state index in [2.05, 4.69) is 16.0 Å². The van der Waals surface area contributed by atoms with E-state index in [0.717, 1.165) is 26.1 Å². The van der Waals surface area contributed by atoms with Crippen LogP contribution in [-0.2, 0) is 4.79 Å². The van der Waals surface area contributed by atoms with Crippen LogP contribution in [0, 0.1) is 5.92 Å². The molecule has 1 atom stereocenters. The summed E-state index contributed by atoms with van der Waals surface area (Å²) < 4.78 is 0. The molecule has 132 valence electrons. The minimum Gasteiger partial charge on any atom is -0.356 e. The van der Waals surface area contributed by atoms with Crippen LogP contribution < -0.4 is 16.0 Å². The van der Waals surface area contributed by atoms with Crippen LogP contribution in [0.3, 0.4) is 0 Å². The Kier molecular flexibility index (Phi) is 8.05. The number of amides is 2. The van der Waals surface area contributed by atoms with Crippen molar-refractivity contribution in [3.8, 4) is 0 Å². The van der Waals surface area contributed by atoms with Gasteiger partial charge in [0.05, 0.1) is 0 Å². The number of nitrogens with one attached hydrogen (secondary N) is 3. The lowest BCUT2D eigenvalue weighted by Crippen LogP contribution is -2.33. The van der Waals surface area contributed by atoms with E-state index in [1.54, 1.807) is 24.3 Å². The molecule has 0 aliphatic carbocycles. The summed E-state index contributed by atoms with van der Waals surface area (Å²) in [6.07, 6.45) is 4.58. The van der Waals surface area contributed by atoms with Gasteiger partial charge in [0.2, 0.25) is 5.91 Å². The van der Waals surface area contributed by atoms with Crippen LogP contribution in [0.25, 0.3) is 0 Å². The molecule has 1 saturated heterocycles. The SMILES string of the molecule is O=C(CCCNC(=O)c1ccc(Cl)cc1)NCCC1CCCNC1. The first kappa shape index (κ1) is 18.7. The molecule has 2 rings (SSSR count). The van der Waals surface area contributed by atoms with Crippen LogP contribution in [0.1, 0.15) is 42.5 Å². The quantitative estimate of drug-likeness (QED) is 0.630. The molecule has 6 heteroatoms. The summed E-state index contributed by atoms with van der Waals surface area (Å²) in [7, 11) is 0. The Bertz CT molecular complexity index is 528. The van der Waals surface area contributed by atoms with Crippen LogP contribution in [-0.4, -0.2) is 38.0 Å². The highest BCUT2D eigenvalue weighted by molar-refractivity contribution is 6.30. The Balaban J connectivity index is 1.52. The van der Waals surface area contributed by atoms with E-state index in [9.17, 15) is 9.59 Å². The molecule has 0 spiro atoms. The van der Waals surface area contributed by atoms with E-state index in [0.29, 0.717) is 35.9 Å². The number of hydrogen-bond donors (Lipinski definition) is 3. The van der Waals surface area contributed by atoms with Crippen molar-refractivity contribution in [3.05, 3.63) is 34.9 Å². The summed E-state index contributed by atoms with van der Waals surface area (Å²) in [4.78, 5) is 23.7. The van der Waals surface area contributed by atoms with Crippen LogP contribution in [0.15, 0.2) is 24.3 Å². The first-order chi connectivity index (χ1) is 11.6. The Hall–Kier alpha value is -1.59. The van der Waals surface area contributed by atoms with Crippen molar-refractivity contribution in [3.63, 3.8) is 0 Å². The fourth-order valence-corrected chi connectivity index (χ4v) is 2.95. The maximum atomic E-state index is 11.9. The number of hydrogen-bond acceptors (Lipinski definition) is 3. The Morgan fingerprint density at radius 3 is 2.67 bits per heavy atom. The largest absolute Gasteiger partial charge is 0.356 e. The van der Waals surface area contributed by atoms with Gasteiger partial charge in [-0.05, 0) is 69.0 Å². The number of benzene rings is 1. The summed E-state index contributed by atoms with van der Waals surface area (Å²) in [5.74, 6) is 0.592. The third kappa shape index (κ3) is 6.89. The molecule has 0 aromatic heterocycles. The third-order valence-corrected chi connectivity index (χ3v) is 4.50. The van der Waals surface area contributed by atoms with E-state index < -0.39 is 0 Å². The zero-order chi connectivity index (χ0) is 17.2. The van der Waals surface area contributed by atoms with Crippen LogP contribution in [0.2, 0.25) is 5.02 Å². The second-order valence-corrected chi connectivity index (χ2v) is 6.65. The average molecular weight is 352 g/mol. The summed E-state index contributed by atoms with van der Waals surface area (Å²) in [6, 6.07) is 6.74. The normalized spacial score (nSPS) is 17.3. The maximum Gasteiger partial charge on any atom is 0.251 e. The molecule has 2 amide bonds. The number of halogens is 1. The monoisotopic (exact) mass is 351 g/mol. The zero-order valence-corrected chi connectivity index (χ0v) is 14.7. The van der Waals surface area contributed by atoms with Gasteiger partial charge in [0.15, 0.2) is 0 Å². The van der Waals surface area contributed by atoms with Crippen molar-refractivity contribution in [2.45, 2.75) is 32.1 Å². The molecule has 1 fully saturated rings. The highest BCUT2D eigenvalue weighted by Crippen LogP contribution is 2.13. The fraction of sp³-hybridized carbons (Fsp3) is 0.556. The van der Waals surface area contributed by atoms with Gasteiger partial charge in [0.25, 0.3) is 5.91 Å². The molecule has 5 nitrogen and oxygen atoms in total. The molecular weight excluding hydrogens is 326 g/mol. The smallest absolute Gasteiger partial charge is 0.251 e. The number of carbonyl (C=O) groups excluding carboxylic acids is 2. The fourth-order valence-electron chi connectivity index (χ4n) is 2.83. The second kappa shape index (κ2) is 10.3. The van der Waals surface area contributed by atoms with Gasteiger partial charge < -0.3 is 16.0 Å². The van der Waals surface area contributed by atoms with Crippen molar-refractivity contribution in [1.29, 1.82) is 0 Å². The molecule has 24 heavy (non-hydrogen) atoms. The van der Waals surface area contributed by atoms with Gasteiger partial charge in [-0.2, -0.15) is 0 Å². The van der Waals surface area contributed by atoms with E-state index in [1.807, 2.05) is 0 Å². The molecule has 0 radical (unpaired) electrons. The van der Waals surface area contributed by atoms with Gasteiger partial charge in [-0.15, -0.1) is 0 Å². The lowest BCUT2D eigenvalue weighted by atomic mass is 9.96. The zero-order valence-electron chi connectivity index (χ0n) is 13.9. The van der Waals surface area contributed by atoms with E-state index >= 15 is 0 Å². The Morgan fingerprint density at radius 1 is 1.17 bits per heavy atom. The molecule has 1 aliphatic rings. The first-order valence-electron chi connectivity index (χ1n) is 8.66. The van der Waals surface area contributed by atoms with Crippen molar-refractivity contribution >= 4 is 23.4 Å². The predicted molar refractivity (Wildman–Crippen MR) is 96.2 cm³/mol. The van der Waals surface area contributed by atoms with E-state index in [-0.39, 0.29) is 11.8 Å². The van der Waals surface area contributed by atoms with Gasteiger partial charge in [0.1, 0.15) is 0 Å². The standard InChI is InChI=1S/C18H26ClN3O2/c19-16-7-5-15(6-8-16)18(24)22-11-2-4-17(23)21-12-9-14-3-1-10-20-13-14/h5-8,14,20H,1-4,9-13H2,(H,21,23)(H,22,24). The number of rotatable bonds is 8. The van der Waals surface area contributed by atoms with E-state index in [1.165, 1.54) is 12.8 Å². The van der Waals surface area contributed by atoms with Gasteiger partial charge >= 0.3 is 0 Å².